The van der Waals surface area contributed by atoms with E-state index in [-0.39, 0.29) is 11.5 Å². The normalized spacial score (nSPS) is 13.3. The molecule has 23 heavy (non-hydrogen) atoms. The first-order valence-corrected chi connectivity index (χ1v) is 9.26. The Hall–Kier alpha value is -1.33. The molecule has 0 fully saturated rings. The Morgan fingerprint density at radius 1 is 1.13 bits per heavy atom. The van der Waals surface area contributed by atoms with E-state index in [1.807, 2.05) is 0 Å². The molecule has 2 rings (SSSR count). The highest BCUT2D eigenvalue weighted by molar-refractivity contribution is 7.98. The third-order valence-electron chi connectivity index (χ3n) is 4.02. The maximum absolute atomic E-state index is 6.12. The molecule has 5 heteroatoms. The molecule has 0 amide bonds. The summed E-state index contributed by atoms with van der Waals surface area (Å²) in [6.45, 7) is 11.7. The number of hydrogen-bond donors (Lipinski definition) is 1. The van der Waals surface area contributed by atoms with Crippen LogP contribution in [-0.4, -0.2) is 14.8 Å². The van der Waals surface area contributed by atoms with Crippen LogP contribution in [0.5, 0.6) is 0 Å². The van der Waals surface area contributed by atoms with Crippen molar-refractivity contribution in [2.75, 3.05) is 0 Å². The van der Waals surface area contributed by atoms with E-state index in [0.717, 1.165) is 29.7 Å². The van der Waals surface area contributed by atoms with Gasteiger partial charge in [-0.05, 0) is 29.9 Å². The molecule has 0 saturated carbocycles. The highest BCUT2D eigenvalue weighted by Crippen LogP contribution is 2.26. The Kier molecular flexibility index (Phi) is 5.87. The fourth-order valence-corrected chi connectivity index (χ4v) is 3.37. The van der Waals surface area contributed by atoms with E-state index >= 15 is 0 Å². The first kappa shape index (κ1) is 18.0. The Morgan fingerprint density at radius 3 is 2.30 bits per heavy atom. The molecule has 2 N–H and O–H groups in total. The Morgan fingerprint density at radius 2 is 1.78 bits per heavy atom. The summed E-state index contributed by atoms with van der Waals surface area (Å²) in [5.74, 6) is 1.78. The summed E-state index contributed by atoms with van der Waals surface area (Å²) < 4.78 is 2.13. The van der Waals surface area contributed by atoms with E-state index in [1.165, 1.54) is 11.1 Å². The van der Waals surface area contributed by atoms with Gasteiger partial charge >= 0.3 is 0 Å². The number of aromatic nitrogens is 3. The van der Waals surface area contributed by atoms with Gasteiger partial charge in [-0.3, -0.25) is 0 Å². The van der Waals surface area contributed by atoms with Gasteiger partial charge in [-0.2, -0.15) is 0 Å². The van der Waals surface area contributed by atoms with Crippen molar-refractivity contribution in [2.45, 2.75) is 70.0 Å². The number of nitrogens with two attached hydrogens (primary N) is 1. The molecule has 126 valence electrons. The number of rotatable bonds is 6. The fraction of sp³-hybridized carbons (Fsp3) is 0.556. The lowest BCUT2D eigenvalue weighted by molar-refractivity contribution is 0.567. The maximum atomic E-state index is 6.12. The van der Waals surface area contributed by atoms with Crippen molar-refractivity contribution in [3.63, 3.8) is 0 Å². The zero-order chi connectivity index (χ0) is 17.0. The molecule has 0 spiro atoms. The van der Waals surface area contributed by atoms with Crippen molar-refractivity contribution < 1.29 is 0 Å². The van der Waals surface area contributed by atoms with Gasteiger partial charge in [0.25, 0.3) is 0 Å². The second-order valence-corrected chi connectivity index (χ2v) is 7.78. The molecule has 4 nitrogen and oxygen atoms in total. The Labute approximate surface area is 143 Å². The number of thioether (sulfide) groups is 1. The van der Waals surface area contributed by atoms with Gasteiger partial charge in [-0.15, -0.1) is 10.2 Å². The number of benzene rings is 1. The SMILES string of the molecule is CCC(N)c1nnc(SCc2ccc(C(C)(C)C)cc2)n1CC. The highest BCUT2D eigenvalue weighted by Gasteiger charge is 2.16. The van der Waals surface area contributed by atoms with Crippen molar-refractivity contribution >= 4 is 11.8 Å². The summed E-state index contributed by atoms with van der Waals surface area (Å²) >= 11 is 1.72. The summed E-state index contributed by atoms with van der Waals surface area (Å²) in [7, 11) is 0. The first-order valence-electron chi connectivity index (χ1n) is 8.27. The lowest BCUT2D eigenvalue weighted by Crippen LogP contribution is -2.15. The molecule has 0 aliphatic heterocycles. The van der Waals surface area contributed by atoms with Crippen LogP contribution in [-0.2, 0) is 17.7 Å². The summed E-state index contributed by atoms with van der Waals surface area (Å²) in [6.07, 6.45) is 0.872. The van der Waals surface area contributed by atoms with Crippen LogP contribution in [0.15, 0.2) is 29.4 Å². The summed E-state index contributed by atoms with van der Waals surface area (Å²) in [5, 5.41) is 9.56. The van der Waals surface area contributed by atoms with Gasteiger partial charge in [-0.1, -0.05) is 63.7 Å². The second kappa shape index (κ2) is 7.49. The molecular weight excluding hydrogens is 304 g/mol. The van der Waals surface area contributed by atoms with Crippen molar-refractivity contribution in [1.29, 1.82) is 0 Å². The average molecular weight is 333 g/mol. The third-order valence-corrected chi connectivity index (χ3v) is 5.06. The van der Waals surface area contributed by atoms with Crippen LogP contribution in [0, 0.1) is 0 Å². The quantitative estimate of drug-likeness (QED) is 0.801. The Balaban J connectivity index is 2.08. The monoisotopic (exact) mass is 332 g/mol. The first-order chi connectivity index (χ1) is 10.9. The Bertz CT molecular complexity index is 625. The minimum absolute atomic E-state index is 0.0390. The van der Waals surface area contributed by atoms with Crippen molar-refractivity contribution in [1.82, 2.24) is 14.8 Å². The van der Waals surface area contributed by atoms with Gasteiger partial charge in [0.15, 0.2) is 11.0 Å². The topological polar surface area (TPSA) is 56.7 Å². The predicted octanol–water partition coefficient (Wildman–Crippen LogP) is 4.30. The van der Waals surface area contributed by atoms with E-state index < -0.39 is 0 Å². The van der Waals surface area contributed by atoms with Crippen LogP contribution in [0.1, 0.15) is 64.0 Å². The summed E-state index contributed by atoms with van der Waals surface area (Å²) in [5.41, 5.74) is 8.97. The number of nitrogens with zero attached hydrogens (tertiary/aromatic N) is 3. The standard InChI is InChI=1S/C18H28N4S/c1-6-15(19)16-20-21-17(22(16)7-2)23-12-13-8-10-14(11-9-13)18(3,4)5/h8-11,15H,6-7,12,19H2,1-5H3. The van der Waals surface area contributed by atoms with Gasteiger partial charge in [0.2, 0.25) is 0 Å². The van der Waals surface area contributed by atoms with Crippen LogP contribution in [0.4, 0.5) is 0 Å². The van der Waals surface area contributed by atoms with Crippen LogP contribution in [0.2, 0.25) is 0 Å². The van der Waals surface area contributed by atoms with Crippen molar-refractivity contribution in [2.24, 2.45) is 5.73 Å². The van der Waals surface area contributed by atoms with E-state index in [9.17, 15) is 0 Å². The van der Waals surface area contributed by atoms with Gasteiger partial charge in [0, 0.05) is 12.3 Å². The smallest absolute Gasteiger partial charge is 0.191 e. The molecule has 1 aromatic heterocycles. The van der Waals surface area contributed by atoms with Crippen LogP contribution >= 0.6 is 11.8 Å². The molecule has 0 aliphatic rings. The summed E-state index contributed by atoms with van der Waals surface area (Å²) in [4.78, 5) is 0. The minimum Gasteiger partial charge on any atom is -0.321 e. The largest absolute Gasteiger partial charge is 0.321 e. The average Bonchev–Trinajstić information content (AvgIpc) is 2.94. The predicted molar refractivity (Wildman–Crippen MR) is 97.6 cm³/mol. The molecule has 1 atom stereocenters. The molecule has 0 bridgehead atoms. The lowest BCUT2D eigenvalue weighted by Gasteiger charge is -2.19. The highest BCUT2D eigenvalue weighted by atomic mass is 32.2. The van der Waals surface area contributed by atoms with E-state index in [0.29, 0.717) is 0 Å². The molecule has 0 aliphatic carbocycles. The minimum atomic E-state index is -0.0390. The molecule has 1 aromatic carbocycles. The van der Waals surface area contributed by atoms with Crippen LogP contribution < -0.4 is 5.73 Å². The zero-order valence-corrected chi connectivity index (χ0v) is 15.7. The van der Waals surface area contributed by atoms with Crippen LogP contribution in [0.3, 0.4) is 0 Å². The van der Waals surface area contributed by atoms with E-state index in [4.69, 9.17) is 5.73 Å². The molecule has 1 heterocycles. The fourth-order valence-electron chi connectivity index (χ4n) is 2.41. The molecular formula is C18H28N4S. The maximum Gasteiger partial charge on any atom is 0.191 e. The summed E-state index contributed by atoms with van der Waals surface area (Å²) in [6, 6.07) is 8.82. The third kappa shape index (κ3) is 4.36. The van der Waals surface area contributed by atoms with Crippen molar-refractivity contribution in [3.05, 3.63) is 41.2 Å². The molecule has 1 unspecified atom stereocenters. The van der Waals surface area contributed by atoms with Gasteiger partial charge in [0.05, 0.1) is 6.04 Å². The van der Waals surface area contributed by atoms with E-state index in [1.54, 1.807) is 11.8 Å². The van der Waals surface area contributed by atoms with E-state index in [2.05, 4.69) is 73.6 Å². The zero-order valence-electron chi connectivity index (χ0n) is 14.8. The van der Waals surface area contributed by atoms with Crippen LogP contribution in [0.25, 0.3) is 0 Å². The molecule has 0 radical (unpaired) electrons. The van der Waals surface area contributed by atoms with Crippen molar-refractivity contribution in [3.8, 4) is 0 Å². The second-order valence-electron chi connectivity index (χ2n) is 6.84. The number of hydrogen-bond acceptors (Lipinski definition) is 4. The molecule has 0 saturated heterocycles. The van der Waals surface area contributed by atoms with Gasteiger partial charge in [0.1, 0.15) is 0 Å². The van der Waals surface area contributed by atoms with Gasteiger partial charge in [-0.25, -0.2) is 0 Å². The lowest BCUT2D eigenvalue weighted by atomic mass is 9.87. The van der Waals surface area contributed by atoms with Gasteiger partial charge < -0.3 is 10.3 Å². The molecule has 2 aromatic rings.